The first kappa shape index (κ1) is 14.5. The highest BCUT2D eigenvalue weighted by Gasteiger charge is 2.30. The molecule has 1 aromatic rings. The lowest BCUT2D eigenvalue weighted by molar-refractivity contribution is -0.137. The smallest absolute Gasteiger partial charge is 0.369 e. The summed E-state index contributed by atoms with van der Waals surface area (Å²) in [6.45, 7) is 2.26. The molecule has 0 fully saturated rings. The van der Waals surface area contributed by atoms with Crippen LogP contribution < -0.4 is 11.1 Å². The van der Waals surface area contributed by atoms with E-state index in [2.05, 4.69) is 5.32 Å². The first-order valence-electron chi connectivity index (χ1n) is 5.47. The molecule has 0 aromatic heterocycles. The zero-order valence-corrected chi connectivity index (χ0v) is 9.92. The van der Waals surface area contributed by atoms with E-state index in [4.69, 9.17) is 5.73 Å². The zero-order valence-electron chi connectivity index (χ0n) is 9.92. The molecule has 0 saturated carbocycles. The van der Waals surface area contributed by atoms with E-state index in [1.807, 2.05) is 0 Å². The molecule has 0 aliphatic carbocycles. The van der Waals surface area contributed by atoms with Gasteiger partial charge >= 0.3 is 6.18 Å². The monoisotopic (exact) mass is 260 g/mol. The minimum absolute atomic E-state index is 0.265. The van der Waals surface area contributed by atoms with Crippen molar-refractivity contribution < 1.29 is 18.0 Å². The number of hydrogen-bond acceptors (Lipinski definition) is 2. The molecule has 0 aliphatic rings. The molecule has 18 heavy (non-hydrogen) atoms. The molecule has 0 heterocycles. The van der Waals surface area contributed by atoms with E-state index in [0.717, 1.165) is 12.1 Å². The van der Waals surface area contributed by atoms with Gasteiger partial charge in [0.05, 0.1) is 5.56 Å². The summed E-state index contributed by atoms with van der Waals surface area (Å²) in [4.78, 5) is 10.8. The van der Waals surface area contributed by atoms with Crippen molar-refractivity contribution >= 4 is 5.91 Å². The second kappa shape index (κ2) is 5.86. The van der Waals surface area contributed by atoms with Gasteiger partial charge in [0, 0.05) is 19.0 Å². The molecule has 0 radical (unpaired) electrons. The summed E-state index contributed by atoms with van der Waals surface area (Å²) in [5.41, 5.74) is 4.91. The van der Waals surface area contributed by atoms with Crippen LogP contribution in [0.2, 0.25) is 0 Å². The van der Waals surface area contributed by atoms with Gasteiger partial charge in [-0.05, 0) is 11.6 Å². The van der Waals surface area contributed by atoms with Crippen LogP contribution in [0.25, 0.3) is 0 Å². The molecule has 1 rings (SSSR count). The third-order valence-corrected chi connectivity index (χ3v) is 2.52. The minimum Gasteiger partial charge on any atom is -0.369 e. The lowest BCUT2D eigenvalue weighted by Crippen LogP contribution is -2.30. The van der Waals surface area contributed by atoms with E-state index in [1.165, 1.54) is 6.07 Å². The molecule has 6 heteroatoms. The number of carbonyl (C=O) groups is 1. The molecule has 100 valence electrons. The van der Waals surface area contributed by atoms with E-state index in [-0.39, 0.29) is 12.5 Å². The van der Waals surface area contributed by atoms with Crippen LogP contribution in [0.5, 0.6) is 0 Å². The number of nitrogens with one attached hydrogen (secondary N) is 1. The first-order valence-corrected chi connectivity index (χ1v) is 5.47. The van der Waals surface area contributed by atoms with Gasteiger partial charge in [0.2, 0.25) is 5.91 Å². The van der Waals surface area contributed by atoms with Gasteiger partial charge in [0.1, 0.15) is 0 Å². The van der Waals surface area contributed by atoms with E-state index in [9.17, 15) is 18.0 Å². The van der Waals surface area contributed by atoms with E-state index < -0.39 is 17.6 Å². The number of amides is 1. The molecule has 0 saturated heterocycles. The zero-order chi connectivity index (χ0) is 13.8. The Morgan fingerprint density at radius 1 is 1.44 bits per heavy atom. The van der Waals surface area contributed by atoms with Crippen LogP contribution in [0.3, 0.4) is 0 Å². The lowest BCUT2D eigenvalue weighted by atomic mass is 10.1. The molecule has 1 unspecified atom stereocenters. The summed E-state index contributed by atoms with van der Waals surface area (Å²) in [5, 5.41) is 2.89. The fourth-order valence-corrected chi connectivity index (χ4v) is 1.39. The third-order valence-electron chi connectivity index (χ3n) is 2.52. The molecular weight excluding hydrogens is 245 g/mol. The summed E-state index contributed by atoms with van der Waals surface area (Å²) >= 11 is 0. The SMILES string of the molecule is CC(CNCc1cccc(C(F)(F)F)c1)C(N)=O. The van der Waals surface area contributed by atoms with Gasteiger partial charge < -0.3 is 11.1 Å². The van der Waals surface area contributed by atoms with Crippen molar-refractivity contribution in [3.8, 4) is 0 Å². The van der Waals surface area contributed by atoms with Crippen molar-refractivity contribution in [1.29, 1.82) is 0 Å². The molecule has 0 bridgehead atoms. The number of primary amides is 1. The van der Waals surface area contributed by atoms with Gasteiger partial charge in [-0.15, -0.1) is 0 Å². The van der Waals surface area contributed by atoms with E-state index in [0.29, 0.717) is 12.1 Å². The number of benzene rings is 1. The largest absolute Gasteiger partial charge is 0.416 e. The second-order valence-corrected chi connectivity index (χ2v) is 4.13. The molecule has 3 nitrogen and oxygen atoms in total. The van der Waals surface area contributed by atoms with Crippen molar-refractivity contribution in [3.63, 3.8) is 0 Å². The normalized spacial score (nSPS) is 13.3. The highest BCUT2D eigenvalue weighted by molar-refractivity contribution is 5.76. The predicted molar refractivity (Wildman–Crippen MR) is 61.5 cm³/mol. The topological polar surface area (TPSA) is 55.1 Å². The lowest BCUT2D eigenvalue weighted by Gasteiger charge is -2.11. The standard InChI is InChI=1S/C12H15F3N2O/c1-8(11(16)18)6-17-7-9-3-2-4-10(5-9)12(13,14)15/h2-5,8,17H,6-7H2,1H3,(H2,16,18). The average molecular weight is 260 g/mol. The Hall–Kier alpha value is -1.56. The number of carbonyl (C=O) groups excluding carboxylic acids is 1. The highest BCUT2D eigenvalue weighted by Crippen LogP contribution is 2.29. The van der Waals surface area contributed by atoms with Crippen LogP contribution in [-0.2, 0) is 17.5 Å². The number of halogens is 3. The Balaban J connectivity index is 2.56. The first-order chi connectivity index (χ1) is 8.30. The number of alkyl halides is 3. The minimum atomic E-state index is -4.34. The van der Waals surface area contributed by atoms with Gasteiger partial charge in [0.25, 0.3) is 0 Å². The number of nitrogens with two attached hydrogens (primary N) is 1. The van der Waals surface area contributed by atoms with Crippen molar-refractivity contribution in [1.82, 2.24) is 5.32 Å². The van der Waals surface area contributed by atoms with Crippen molar-refractivity contribution in [2.45, 2.75) is 19.6 Å². The van der Waals surface area contributed by atoms with Gasteiger partial charge in [-0.25, -0.2) is 0 Å². The molecule has 0 aliphatic heterocycles. The Bertz CT molecular complexity index is 418. The average Bonchev–Trinajstić information content (AvgIpc) is 2.28. The van der Waals surface area contributed by atoms with E-state index in [1.54, 1.807) is 13.0 Å². The summed E-state index contributed by atoms with van der Waals surface area (Å²) in [5.74, 6) is -0.789. The Morgan fingerprint density at radius 2 is 2.11 bits per heavy atom. The fourth-order valence-electron chi connectivity index (χ4n) is 1.39. The van der Waals surface area contributed by atoms with Gasteiger partial charge in [0.15, 0.2) is 0 Å². The number of rotatable bonds is 5. The molecule has 1 amide bonds. The predicted octanol–water partition coefficient (Wildman–Crippen LogP) is 1.92. The summed E-state index contributed by atoms with van der Waals surface area (Å²) in [6, 6.07) is 5.06. The van der Waals surface area contributed by atoms with Crippen molar-refractivity contribution in [2.24, 2.45) is 11.7 Å². The van der Waals surface area contributed by atoms with Gasteiger partial charge in [-0.2, -0.15) is 13.2 Å². The van der Waals surface area contributed by atoms with Crippen LogP contribution in [0.15, 0.2) is 24.3 Å². The van der Waals surface area contributed by atoms with Crippen LogP contribution in [0, 0.1) is 5.92 Å². The van der Waals surface area contributed by atoms with Crippen LogP contribution in [0.1, 0.15) is 18.1 Å². The van der Waals surface area contributed by atoms with Crippen molar-refractivity contribution in [2.75, 3.05) is 6.54 Å². The molecular formula is C12H15F3N2O. The maximum Gasteiger partial charge on any atom is 0.416 e. The van der Waals surface area contributed by atoms with Gasteiger partial charge in [-0.1, -0.05) is 25.1 Å². The quantitative estimate of drug-likeness (QED) is 0.849. The Morgan fingerprint density at radius 3 is 2.67 bits per heavy atom. The van der Waals surface area contributed by atoms with E-state index >= 15 is 0 Å². The maximum atomic E-state index is 12.4. The van der Waals surface area contributed by atoms with Gasteiger partial charge in [-0.3, -0.25) is 4.79 Å². The summed E-state index contributed by atoms with van der Waals surface area (Å²) in [7, 11) is 0. The maximum absolute atomic E-state index is 12.4. The number of hydrogen-bond donors (Lipinski definition) is 2. The summed E-state index contributed by atoms with van der Waals surface area (Å²) < 4.78 is 37.3. The molecule has 1 aromatic carbocycles. The van der Waals surface area contributed by atoms with Crippen molar-refractivity contribution in [3.05, 3.63) is 35.4 Å². The molecule has 3 N–H and O–H groups in total. The molecule has 1 atom stereocenters. The molecule has 0 spiro atoms. The fraction of sp³-hybridized carbons (Fsp3) is 0.417. The third kappa shape index (κ3) is 4.37. The van der Waals surface area contributed by atoms with Crippen LogP contribution in [-0.4, -0.2) is 12.5 Å². The Kier molecular flexibility index (Phi) is 4.72. The van der Waals surface area contributed by atoms with Crippen LogP contribution >= 0.6 is 0 Å². The second-order valence-electron chi connectivity index (χ2n) is 4.13. The summed E-state index contributed by atoms with van der Waals surface area (Å²) in [6.07, 6.45) is -4.34. The Labute approximate surface area is 103 Å². The van der Waals surface area contributed by atoms with Crippen LogP contribution in [0.4, 0.5) is 13.2 Å². The highest BCUT2D eigenvalue weighted by atomic mass is 19.4.